The summed E-state index contributed by atoms with van der Waals surface area (Å²) in [6, 6.07) is 0. The summed E-state index contributed by atoms with van der Waals surface area (Å²) in [7, 11) is 0. The van der Waals surface area contributed by atoms with E-state index in [4.69, 9.17) is 5.84 Å². The van der Waals surface area contributed by atoms with Crippen LogP contribution in [0, 0.1) is 6.92 Å². The molecular weight excluding hydrogens is 256 g/mol. The molecule has 1 fully saturated rings. The molecule has 0 aromatic carbocycles. The van der Waals surface area contributed by atoms with Crippen molar-refractivity contribution in [3.8, 4) is 0 Å². The molecule has 1 aliphatic heterocycles. The number of aryl methyl sites for hydroxylation is 1. The smallest absolute Gasteiger partial charge is 0.219 e. The van der Waals surface area contributed by atoms with Crippen LogP contribution in [0.4, 0.5) is 11.6 Å². The Bertz CT molecular complexity index is 496. The van der Waals surface area contributed by atoms with Crippen molar-refractivity contribution in [3.05, 3.63) is 11.4 Å². The van der Waals surface area contributed by atoms with E-state index in [0.29, 0.717) is 5.82 Å². The van der Waals surface area contributed by atoms with Crippen molar-refractivity contribution in [2.75, 3.05) is 36.5 Å². The summed E-state index contributed by atoms with van der Waals surface area (Å²) in [5.74, 6) is 8.00. The van der Waals surface area contributed by atoms with E-state index in [2.05, 4.69) is 20.3 Å². The van der Waals surface area contributed by atoms with Crippen LogP contribution in [0.15, 0.2) is 0 Å². The van der Waals surface area contributed by atoms with Crippen LogP contribution in [0.25, 0.3) is 0 Å². The SMILES string of the molecule is CCc1nc(NN)c(C)c(N2CCN(C(C)=O)CC2)n1. The van der Waals surface area contributed by atoms with Gasteiger partial charge in [0.2, 0.25) is 5.91 Å². The highest BCUT2D eigenvalue weighted by Gasteiger charge is 2.22. The maximum atomic E-state index is 11.4. The van der Waals surface area contributed by atoms with Gasteiger partial charge in [-0.25, -0.2) is 15.8 Å². The lowest BCUT2D eigenvalue weighted by molar-refractivity contribution is -0.129. The van der Waals surface area contributed by atoms with Crippen LogP contribution >= 0.6 is 0 Å². The standard InChI is InChI=1S/C13H22N6O/c1-4-11-15-12(17-14)9(2)13(16-11)19-7-5-18(6-8-19)10(3)20/h4-8,14H2,1-3H3,(H,15,16,17). The van der Waals surface area contributed by atoms with E-state index in [-0.39, 0.29) is 5.91 Å². The fourth-order valence-electron chi connectivity index (χ4n) is 2.39. The summed E-state index contributed by atoms with van der Waals surface area (Å²) in [5, 5.41) is 0. The molecule has 110 valence electrons. The van der Waals surface area contributed by atoms with Crippen molar-refractivity contribution < 1.29 is 4.79 Å². The molecule has 1 saturated heterocycles. The van der Waals surface area contributed by atoms with Crippen LogP contribution in [0.2, 0.25) is 0 Å². The number of hydrogen-bond acceptors (Lipinski definition) is 6. The molecule has 0 unspecified atom stereocenters. The van der Waals surface area contributed by atoms with Crippen molar-refractivity contribution in [3.63, 3.8) is 0 Å². The molecule has 2 heterocycles. The molecule has 2 rings (SSSR count). The Hall–Kier alpha value is -1.89. The van der Waals surface area contributed by atoms with E-state index in [1.165, 1.54) is 0 Å². The number of nitrogens with one attached hydrogen (secondary N) is 1. The number of rotatable bonds is 3. The van der Waals surface area contributed by atoms with E-state index >= 15 is 0 Å². The van der Waals surface area contributed by atoms with Crippen LogP contribution in [-0.2, 0) is 11.2 Å². The molecule has 7 nitrogen and oxygen atoms in total. The minimum atomic E-state index is 0.127. The van der Waals surface area contributed by atoms with E-state index in [0.717, 1.165) is 49.8 Å². The molecule has 0 spiro atoms. The van der Waals surface area contributed by atoms with E-state index in [1.54, 1.807) is 6.92 Å². The van der Waals surface area contributed by atoms with Gasteiger partial charge >= 0.3 is 0 Å². The van der Waals surface area contributed by atoms with Gasteiger partial charge in [-0.3, -0.25) is 4.79 Å². The number of carbonyl (C=O) groups is 1. The predicted octanol–water partition coefficient (Wildman–Crippen LogP) is 0.302. The lowest BCUT2D eigenvalue weighted by atomic mass is 10.2. The summed E-state index contributed by atoms with van der Waals surface area (Å²) < 4.78 is 0. The Labute approximate surface area is 119 Å². The first-order valence-electron chi connectivity index (χ1n) is 6.91. The highest BCUT2D eigenvalue weighted by molar-refractivity contribution is 5.73. The quantitative estimate of drug-likeness (QED) is 0.611. The van der Waals surface area contributed by atoms with Gasteiger partial charge in [0.15, 0.2) is 0 Å². The molecule has 1 aromatic rings. The largest absolute Gasteiger partial charge is 0.353 e. The summed E-state index contributed by atoms with van der Waals surface area (Å²) in [6.07, 6.45) is 0.759. The zero-order chi connectivity index (χ0) is 14.7. The first-order chi connectivity index (χ1) is 9.56. The molecule has 20 heavy (non-hydrogen) atoms. The van der Waals surface area contributed by atoms with Crippen molar-refractivity contribution >= 4 is 17.5 Å². The van der Waals surface area contributed by atoms with Gasteiger partial charge in [0.25, 0.3) is 0 Å². The molecule has 1 aromatic heterocycles. The van der Waals surface area contributed by atoms with Crippen LogP contribution in [-0.4, -0.2) is 47.0 Å². The number of nitrogen functional groups attached to an aromatic ring is 1. The van der Waals surface area contributed by atoms with Crippen molar-refractivity contribution in [1.82, 2.24) is 14.9 Å². The number of amides is 1. The van der Waals surface area contributed by atoms with Crippen LogP contribution < -0.4 is 16.2 Å². The number of anilines is 2. The average molecular weight is 278 g/mol. The normalized spacial score (nSPS) is 15.4. The van der Waals surface area contributed by atoms with E-state index in [9.17, 15) is 4.79 Å². The Morgan fingerprint density at radius 3 is 2.45 bits per heavy atom. The van der Waals surface area contributed by atoms with E-state index < -0.39 is 0 Å². The second kappa shape index (κ2) is 6.04. The highest BCUT2D eigenvalue weighted by atomic mass is 16.2. The predicted molar refractivity (Wildman–Crippen MR) is 78.4 cm³/mol. The second-order valence-electron chi connectivity index (χ2n) is 4.93. The number of hydrogen-bond donors (Lipinski definition) is 2. The summed E-state index contributed by atoms with van der Waals surface area (Å²) >= 11 is 0. The summed E-state index contributed by atoms with van der Waals surface area (Å²) in [4.78, 5) is 24.4. The highest BCUT2D eigenvalue weighted by Crippen LogP contribution is 2.24. The molecule has 0 aliphatic carbocycles. The Morgan fingerprint density at radius 2 is 1.95 bits per heavy atom. The number of aromatic nitrogens is 2. The lowest BCUT2D eigenvalue weighted by Gasteiger charge is -2.35. The molecule has 1 amide bonds. The monoisotopic (exact) mass is 278 g/mol. The third-order valence-electron chi connectivity index (χ3n) is 3.64. The van der Waals surface area contributed by atoms with E-state index in [1.807, 2.05) is 18.7 Å². The summed E-state index contributed by atoms with van der Waals surface area (Å²) in [5.41, 5.74) is 3.58. The molecule has 3 N–H and O–H groups in total. The average Bonchev–Trinajstić information content (AvgIpc) is 2.47. The lowest BCUT2D eigenvalue weighted by Crippen LogP contribution is -2.48. The molecular formula is C13H22N6O. The second-order valence-corrected chi connectivity index (χ2v) is 4.93. The first-order valence-corrected chi connectivity index (χ1v) is 6.91. The van der Waals surface area contributed by atoms with Gasteiger partial charge in [-0.1, -0.05) is 6.92 Å². The van der Waals surface area contributed by atoms with Crippen molar-refractivity contribution in [2.24, 2.45) is 5.84 Å². The number of carbonyl (C=O) groups excluding carboxylic acids is 1. The minimum absolute atomic E-state index is 0.127. The van der Waals surface area contributed by atoms with Crippen LogP contribution in [0.5, 0.6) is 0 Å². The third kappa shape index (κ3) is 2.82. The number of nitrogens with zero attached hydrogens (tertiary/aromatic N) is 4. The number of piperazine rings is 1. The Balaban J connectivity index is 2.23. The zero-order valence-corrected chi connectivity index (χ0v) is 12.3. The maximum Gasteiger partial charge on any atom is 0.219 e. The Morgan fingerprint density at radius 1 is 1.30 bits per heavy atom. The third-order valence-corrected chi connectivity index (χ3v) is 3.64. The molecule has 0 bridgehead atoms. The van der Waals surface area contributed by atoms with Gasteiger partial charge in [-0.2, -0.15) is 0 Å². The molecule has 0 radical (unpaired) electrons. The summed E-state index contributed by atoms with van der Waals surface area (Å²) in [6.45, 7) is 8.60. The first kappa shape index (κ1) is 14.5. The van der Waals surface area contributed by atoms with Crippen LogP contribution in [0.3, 0.4) is 0 Å². The maximum absolute atomic E-state index is 11.4. The Kier molecular flexibility index (Phi) is 4.39. The van der Waals surface area contributed by atoms with Gasteiger partial charge in [0, 0.05) is 45.1 Å². The van der Waals surface area contributed by atoms with Gasteiger partial charge in [0.05, 0.1) is 0 Å². The molecule has 7 heteroatoms. The van der Waals surface area contributed by atoms with Gasteiger partial charge < -0.3 is 15.2 Å². The fourth-order valence-corrected chi connectivity index (χ4v) is 2.39. The van der Waals surface area contributed by atoms with Gasteiger partial charge in [-0.15, -0.1) is 0 Å². The molecule has 0 saturated carbocycles. The fraction of sp³-hybridized carbons (Fsp3) is 0.615. The molecule has 1 aliphatic rings. The minimum Gasteiger partial charge on any atom is -0.353 e. The van der Waals surface area contributed by atoms with Crippen molar-refractivity contribution in [1.29, 1.82) is 0 Å². The van der Waals surface area contributed by atoms with Gasteiger partial charge in [-0.05, 0) is 6.92 Å². The van der Waals surface area contributed by atoms with Crippen molar-refractivity contribution in [2.45, 2.75) is 27.2 Å². The van der Waals surface area contributed by atoms with Crippen LogP contribution in [0.1, 0.15) is 25.2 Å². The number of nitrogens with two attached hydrogens (primary N) is 1. The molecule has 0 atom stereocenters. The zero-order valence-electron chi connectivity index (χ0n) is 12.3. The number of hydrazine groups is 1. The topological polar surface area (TPSA) is 87.4 Å². The van der Waals surface area contributed by atoms with Gasteiger partial charge in [0.1, 0.15) is 17.5 Å².